The van der Waals surface area contributed by atoms with Gasteiger partial charge in [0, 0.05) is 19.5 Å². The lowest BCUT2D eigenvalue weighted by Gasteiger charge is -2.36. The zero-order valence-corrected chi connectivity index (χ0v) is 15.7. The van der Waals surface area contributed by atoms with Gasteiger partial charge in [-0.05, 0) is 56.1 Å². The Bertz CT molecular complexity index is 471. The Morgan fingerprint density at radius 1 is 1.00 bits per heavy atom. The maximum absolute atomic E-state index is 6.40. The largest absolute Gasteiger partial charge is 0.360 e. The molecule has 134 valence electrons. The van der Waals surface area contributed by atoms with E-state index >= 15 is 0 Å². The van der Waals surface area contributed by atoms with Crippen LogP contribution in [0.25, 0.3) is 0 Å². The van der Waals surface area contributed by atoms with Crippen LogP contribution >= 0.6 is 0 Å². The van der Waals surface area contributed by atoms with Crippen LogP contribution < -0.4 is 0 Å². The highest BCUT2D eigenvalue weighted by Crippen LogP contribution is 2.34. The average molecular weight is 330 g/mol. The number of hydrogen-bond acceptors (Lipinski definition) is 2. The van der Waals surface area contributed by atoms with E-state index in [4.69, 9.17) is 4.74 Å². The summed E-state index contributed by atoms with van der Waals surface area (Å²) >= 11 is 0. The van der Waals surface area contributed by atoms with Crippen LogP contribution in [-0.2, 0) is 11.2 Å². The summed E-state index contributed by atoms with van der Waals surface area (Å²) in [4.78, 5) is 2.57. The molecular formula is C22H35NO. The predicted octanol–water partition coefficient (Wildman–Crippen LogP) is 5.51. The molecule has 1 aliphatic carbocycles. The second-order valence-electron chi connectivity index (χ2n) is 7.83. The molecule has 1 saturated carbocycles. The molecule has 1 heterocycles. The van der Waals surface area contributed by atoms with Gasteiger partial charge in [0.2, 0.25) is 0 Å². The molecule has 2 aliphatic rings. The summed E-state index contributed by atoms with van der Waals surface area (Å²) in [7, 11) is 0. The summed E-state index contributed by atoms with van der Waals surface area (Å²) in [5.74, 6) is 0.813. The van der Waals surface area contributed by atoms with E-state index in [-0.39, 0.29) is 6.23 Å². The van der Waals surface area contributed by atoms with Crippen molar-refractivity contribution in [3.05, 3.63) is 35.4 Å². The first-order valence-corrected chi connectivity index (χ1v) is 10.2. The smallest absolute Gasteiger partial charge is 0.115 e. The fraction of sp³-hybridized carbons (Fsp3) is 0.727. The Balaban J connectivity index is 1.64. The molecule has 2 nitrogen and oxygen atoms in total. The van der Waals surface area contributed by atoms with Crippen LogP contribution in [0.4, 0.5) is 0 Å². The molecule has 1 aromatic rings. The minimum atomic E-state index is 0.248. The first kappa shape index (κ1) is 17.9. The number of nitrogens with zero attached hydrogens (tertiary/aromatic N) is 1. The Morgan fingerprint density at radius 2 is 1.67 bits per heavy atom. The number of ether oxygens (including phenoxy) is 1. The number of hydrogen-bond donors (Lipinski definition) is 0. The minimum absolute atomic E-state index is 0.248. The standard InChI is InChI=1S/C22H35NO/c1-3-18(2)24-22(23-15-7-4-8-16-23)17-19-11-13-21(14-12-19)20-9-5-6-10-20/h11-14,18,20,22H,3-10,15-17H2,1-2H3. The third-order valence-electron chi connectivity index (χ3n) is 5.98. The minimum Gasteiger partial charge on any atom is -0.360 e. The van der Waals surface area contributed by atoms with E-state index in [1.165, 1.54) is 63.6 Å². The number of rotatable bonds is 7. The predicted molar refractivity (Wildman–Crippen MR) is 101 cm³/mol. The van der Waals surface area contributed by atoms with E-state index in [9.17, 15) is 0 Å². The van der Waals surface area contributed by atoms with Gasteiger partial charge < -0.3 is 4.74 Å². The average Bonchev–Trinajstić information content (AvgIpc) is 3.17. The van der Waals surface area contributed by atoms with Crippen molar-refractivity contribution in [1.29, 1.82) is 0 Å². The molecule has 3 rings (SSSR count). The first-order chi connectivity index (χ1) is 11.8. The summed E-state index contributed by atoms with van der Waals surface area (Å²) in [6.07, 6.45) is 12.3. The van der Waals surface area contributed by atoms with Crippen molar-refractivity contribution in [2.45, 2.75) is 89.9 Å². The van der Waals surface area contributed by atoms with E-state index in [1.807, 2.05) is 0 Å². The molecule has 2 unspecified atom stereocenters. The molecule has 0 radical (unpaired) electrons. The van der Waals surface area contributed by atoms with Gasteiger partial charge in [-0.1, -0.05) is 50.5 Å². The highest BCUT2D eigenvalue weighted by molar-refractivity contribution is 5.26. The third kappa shape index (κ3) is 4.83. The van der Waals surface area contributed by atoms with Crippen LogP contribution in [0.1, 0.15) is 82.3 Å². The van der Waals surface area contributed by atoms with Gasteiger partial charge in [0.05, 0.1) is 6.10 Å². The maximum atomic E-state index is 6.40. The van der Waals surface area contributed by atoms with Crippen molar-refractivity contribution in [1.82, 2.24) is 4.90 Å². The zero-order chi connectivity index (χ0) is 16.8. The monoisotopic (exact) mass is 329 g/mol. The molecular weight excluding hydrogens is 294 g/mol. The van der Waals surface area contributed by atoms with Crippen molar-refractivity contribution >= 4 is 0 Å². The van der Waals surface area contributed by atoms with Gasteiger partial charge in [-0.15, -0.1) is 0 Å². The molecule has 0 amide bonds. The van der Waals surface area contributed by atoms with Gasteiger partial charge in [0.25, 0.3) is 0 Å². The van der Waals surface area contributed by atoms with Gasteiger partial charge in [0.15, 0.2) is 0 Å². The molecule has 1 aromatic carbocycles. The van der Waals surface area contributed by atoms with Crippen LogP contribution in [0.3, 0.4) is 0 Å². The molecule has 24 heavy (non-hydrogen) atoms. The van der Waals surface area contributed by atoms with Crippen LogP contribution in [0, 0.1) is 0 Å². The molecule has 0 bridgehead atoms. The summed E-state index contributed by atoms with van der Waals surface area (Å²) < 4.78 is 6.40. The van der Waals surface area contributed by atoms with E-state index in [1.54, 1.807) is 5.56 Å². The maximum Gasteiger partial charge on any atom is 0.115 e. The molecule has 0 N–H and O–H groups in total. The van der Waals surface area contributed by atoms with Crippen molar-refractivity contribution in [3.8, 4) is 0 Å². The van der Waals surface area contributed by atoms with Crippen molar-refractivity contribution in [3.63, 3.8) is 0 Å². The number of benzene rings is 1. The fourth-order valence-corrected chi connectivity index (χ4v) is 4.22. The summed E-state index contributed by atoms with van der Waals surface area (Å²) in [5.41, 5.74) is 2.98. The van der Waals surface area contributed by atoms with Crippen molar-refractivity contribution in [2.24, 2.45) is 0 Å². The van der Waals surface area contributed by atoms with E-state index in [0.29, 0.717) is 6.10 Å². The van der Waals surface area contributed by atoms with Gasteiger partial charge in [-0.2, -0.15) is 0 Å². The second-order valence-corrected chi connectivity index (χ2v) is 7.83. The van der Waals surface area contributed by atoms with Gasteiger partial charge in [0.1, 0.15) is 6.23 Å². The van der Waals surface area contributed by atoms with Crippen LogP contribution in [-0.4, -0.2) is 30.3 Å². The van der Waals surface area contributed by atoms with E-state index in [2.05, 4.69) is 43.0 Å². The topological polar surface area (TPSA) is 12.5 Å². The van der Waals surface area contributed by atoms with E-state index < -0.39 is 0 Å². The first-order valence-electron chi connectivity index (χ1n) is 10.2. The fourth-order valence-electron chi connectivity index (χ4n) is 4.22. The Hall–Kier alpha value is -0.860. The van der Waals surface area contributed by atoms with Crippen molar-refractivity contribution < 1.29 is 4.74 Å². The quantitative estimate of drug-likeness (QED) is 0.653. The normalized spacial score (nSPS) is 22.6. The Morgan fingerprint density at radius 3 is 2.29 bits per heavy atom. The SMILES string of the molecule is CCC(C)OC(Cc1ccc(C2CCCC2)cc1)N1CCCCC1. The summed E-state index contributed by atoms with van der Waals surface area (Å²) in [6.45, 7) is 6.82. The molecule has 2 fully saturated rings. The lowest BCUT2D eigenvalue weighted by Crippen LogP contribution is -2.43. The Labute approximate surface area is 148 Å². The number of piperidine rings is 1. The Kier molecular flexibility index (Phi) is 6.74. The number of likely N-dealkylation sites (tertiary alicyclic amines) is 1. The van der Waals surface area contributed by atoms with Gasteiger partial charge in [-0.3, -0.25) is 4.90 Å². The van der Waals surface area contributed by atoms with Crippen LogP contribution in [0.2, 0.25) is 0 Å². The van der Waals surface area contributed by atoms with Gasteiger partial charge in [-0.25, -0.2) is 0 Å². The highest BCUT2D eigenvalue weighted by Gasteiger charge is 2.23. The molecule has 2 heteroatoms. The van der Waals surface area contributed by atoms with Crippen LogP contribution in [0.15, 0.2) is 24.3 Å². The zero-order valence-electron chi connectivity index (χ0n) is 15.7. The van der Waals surface area contributed by atoms with Crippen LogP contribution in [0.5, 0.6) is 0 Å². The summed E-state index contributed by atoms with van der Waals surface area (Å²) in [6, 6.07) is 9.46. The molecule has 1 aliphatic heterocycles. The van der Waals surface area contributed by atoms with E-state index in [0.717, 1.165) is 18.8 Å². The third-order valence-corrected chi connectivity index (χ3v) is 5.98. The molecule has 0 aromatic heterocycles. The second kappa shape index (κ2) is 9.01. The lowest BCUT2D eigenvalue weighted by atomic mass is 9.96. The molecule has 2 atom stereocenters. The van der Waals surface area contributed by atoms with Gasteiger partial charge >= 0.3 is 0 Å². The highest BCUT2D eigenvalue weighted by atomic mass is 16.5. The van der Waals surface area contributed by atoms with Crippen molar-refractivity contribution in [2.75, 3.05) is 13.1 Å². The molecule has 1 saturated heterocycles. The lowest BCUT2D eigenvalue weighted by molar-refractivity contribution is -0.0993. The molecule has 0 spiro atoms. The summed E-state index contributed by atoms with van der Waals surface area (Å²) in [5, 5.41) is 0.